The molecular weight excluding hydrogens is 380 g/mol. The third kappa shape index (κ3) is 26.0. The standard InChI is InChI=1S/C27H60N4/c1-5-6-7-8-9-10-11-12-13-14-15-16-17-18-19-20-21-29-23-26(3)31-24-27(4)30-22-25(2)28/h25-27,29-31H,5-24,28H2,1-4H3. The topological polar surface area (TPSA) is 62.1 Å². The van der Waals surface area contributed by atoms with Gasteiger partial charge in [0.15, 0.2) is 0 Å². The molecule has 188 valence electrons. The fourth-order valence-corrected chi connectivity index (χ4v) is 4.03. The number of unbranched alkanes of at least 4 members (excludes halogenated alkanes) is 15. The molecule has 0 aromatic carbocycles. The average Bonchev–Trinajstić information content (AvgIpc) is 2.75. The minimum absolute atomic E-state index is 0.223. The summed E-state index contributed by atoms with van der Waals surface area (Å²) in [4.78, 5) is 0. The van der Waals surface area contributed by atoms with Crippen molar-refractivity contribution in [3.05, 3.63) is 0 Å². The summed E-state index contributed by atoms with van der Waals surface area (Å²) in [6.07, 6.45) is 22.9. The quantitative estimate of drug-likeness (QED) is 0.129. The van der Waals surface area contributed by atoms with Gasteiger partial charge in [-0.15, -0.1) is 0 Å². The Morgan fingerprint density at radius 3 is 1.35 bits per heavy atom. The minimum atomic E-state index is 0.223. The van der Waals surface area contributed by atoms with Gasteiger partial charge in [-0.1, -0.05) is 103 Å². The first-order valence-corrected chi connectivity index (χ1v) is 14.0. The lowest BCUT2D eigenvalue weighted by Gasteiger charge is -2.20. The summed E-state index contributed by atoms with van der Waals surface area (Å²) in [5.41, 5.74) is 5.78. The average molecular weight is 441 g/mol. The van der Waals surface area contributed by atoms with Gasteiger partial charge in [-0.05, 0) is 33.7 Å². The molecule has 5 N–H and O–H groups in total. The number of nitrogens with one attached hydrogen (secondary N) is 3. The van der Waals surface area contributed by atoms with Crippen molar-refractivity contribution in [3.8, 4) is 0 Å². The van der Waals surface area contributed by atoms with E-state index < -0.39 is 0 Å². The van der Waals surface area contributed by atoms with E-state index in [9.17, 15) is 0 Å². The second-order valence-corrected chi connectivity index (χ2v) is 10.1. The van der Waals surface area contributed by atoms with Crippen LogP contribution in [0.2, 0.25) is 0 Å². The van der Waals surface area contributed by atoms with E-state index in [0.29, 0.717) is 12.1 Å². The fraction of sp³-hybridized carbons (Fsp3) is 1.00. The van der Waals surface area contributed by atoms with Crippen molar-refractivity contribution < 1.29 is 0 Å². The molecule has 0 saturated heterocycles. The SMILES string of the molecule is CCCCCCCCCCCCCCCCCCNCC(C)NCC(C)NCC(C)N. The number of hydrogen-bond donors (Lipinski definition) is 4. The van der Waals surface area contributed by atoms with Crippen LogP contribution in [0.4, 0.5) is 0 Å². The Labute approximate surface area is 196 Å². The summed E-state index contributed by atoms with van der Waals surface area (Å²) in [7, 11) is 0. The Hall–Kier alpha value is -0.160. The molecule has 0 aliphatic rings. The molecule has 0 aromatic rings. The van der Waals surface area contributed by atoms with Gasteiger partial charge in [-0.2, -0.15) is 0 Å². The second-order valence-electron chi connectivity index (χ2n) is 10.1. The molecule has 4 nitrogen and oxygen atoms in total. The van der Waals surface area contributed by atoms with Crippen molar-refractivity contribution in [2.24, 2.45) is 5.73 Å². The Morgan fingerprint density at radius 2 is 0.903 bits per heavy atom. The van der Waals surface area contributed by atoms with Crippen LogP contribution in [0.15, 0.2) is 0 Å². The molecule has 0 saturated carbocycles. The highest BCUT2D eigenvalue weighted by molar-refractivity contribution is 4.71. The molecule has 0 bridgehead atoms. The molecule has 0 aromatic heterocycles. The lowest BCUT2D eigenvalue weighted by atomic mass is 10.0. The largest absolute Gasteiger partial charge is 0.327 e. The third-order valence-electron chi connectivity index (χ3n) is 6.22. The molecule has 0 amide bonds. The molecule has 31 heavy (non-hydrogen) atoms. The zero-order valence-electron chi connectivity index (χ0n) is 22.0. The van der Waals surface area contributed by atoms with E-state index in [2.05, 4.69) is 36.7 Å². The monoisotopic (exact) mass is 440 g/mol. The Balaban J connectivity index is 3.19. The predicted molar refractivity (Wildman–Crippen MR) is 141 cm³/mol. The van der Waals surface area contributed by atoms with Crippen LogP contribution in [-0.4, -0.2) is 44.3 Å². The molecule has 0 radical (unpaired) electrons. The van der Waals surface area contributed by atoms with Crippen LogP contribution in [0.1, 0.15) is 130 Å². The first-order chi connectivity index (χ1) is 15.1. The molecule has 0 heterocycles. The van der Waals surface area contributed by atoms with Crippen LogP contribution in [0, 0.1) is 0 Å². The maximum atomic E-state index is 5.78. The second kappa shape index (κ2) is 24.5. The predicted octanol–water partition coefficient (Wildman–Crippen LogP) is 6.14. The number of hydrogen-bond acceptors (Lipinski definition) is 4. The normalized spacial score (nSPS) is 14.6. The smallest absolute Gasteiger partial charge is 0.0164 e. The van der Waals surface area contributed by atoms with Crippen LogP contribution in [0.25, 0.3) is 0 Å². The summed E-state index contributed by atoms with van der Waals surface area (Å²) in [6, 6.07) is 1.20. The lowest BCUT2D eigenvalue weighted by molar-refractivity contribution is 0.435. The Morgan fingerprint density at radius 1 is 0.516 bits per heavy atom. The highest BCUT2D eigenvalue weighted by atomic mass is 15.0. The van der Waals surface area contributed by atoms with E-state index in [4.69, 9.17) is 5.73 Å². The van der Waals surface area contributed by atoms with Crippen molar-refractivity contribution in [2.75, 3.05) is 26.2 Å². The van der Waals surface area contributed by atoms with Gasteiger partial charge in [0, 0.05) is 37.8 Å². The van der Waals surface area contributed by atoms with E-state index in [-0.39, 0.29) is 6.04 Å². The molecule has 0 aliphatic carbocycles. The zero-order valence-corrected chi connectivity index (χ0v) is 22.0. The Bertz CT molecular complexity index is 335. The van der Waals surface area contributed by atoms with Crippen molar-refractivity contribution in [3.63, 3.8) is 0 Å². The highest BCUT2D eigenvalue weighted by Gasteiger charge is 2.05. The summed E-state index contributed by atoms with van der Waals surface area (Å²) < 4.78 is 0. The van der Waals surface area contributed by atoms with Gasteiger partial charge in [0.1, 0.15) is 0 Å². The first kappa shape index (κ1) is 30.8. The maximum Gasteiger partial charge on any atom is 0.0164 e. The summed E-state index contributed by atoms with van der Waals surface area (Å²) in [6.45, 7) is 12.9. The third-order valence-corrected chi connectivity index (χ3v) is 6.22. The number of nitrogens with two attached hydrogens (primary N) is 1. The van der Waals surface area contributed by atoms with Crippen molar-refractivity contribution >= 4 is 0 Å². The maximum absolute atomic E-state index is 5.78. The molecular formula is C27H60N4. The number of rotatable bonds is 25. The van der Waals surface area contributed by atoms with Crippen molar-refractivity contribution in [1.29, 1.82) is 0 Å². The fourth-order valence-electron chi connectivity index (χ4n) is 4.03. The molecule has 0 rings (SSSR count). The van der Waals surface area contributed by atoms with Crippen LogP contribution >= 0.6 is 0 Å². The van der Waals surface area contributed by atoms with Crippen molar-refractivity contribution in [2.45, 2.75) is 149 Å². The lowest BCUT2D eigenvalue weighted by Crippen LogP contribution is -2.45. The van der Waals surface area contributed by atoms with E-state index >= 15 is 0 Å². The Kier molecular flexibility index (Phi) is 24.4. The van der Waals surface area contributed by atoms with Gasteiger partial charge >= 0.3 is 0 Å². The summed E-state index contributed by atoms with van der Waals surface area (Å²) in [5, 5.41) is 10.7. The van der Waals surface area contributed by atoms with Gasteiger partial charge in [-0.25, -0.2) is 0 Å². The highest BCUT2D eigenvalue weighted by Crippen LogP contribution is 2.13. The van der Waals surface area contributed by atoms with Crippen LogP contribution in [0.3, 0.4) is 0 Å². The van der Waals surface area contributed by atoms with Gasteiger partial charge in [0.2, 0.25) is 0 Å². The van der Waals surface area contributed by atoms with E-state index in [1.807, 2.05) is 6.92 Å². The van der Waals surface area contributed by atoms with Gasteiger partial charge in [0.25, 0.3) is 0 Å². The van der Waals surface area contributed by atoms with Crippen LogP contribution in [0.5, 0.6) is 0 Å². The summed E-state index contributed by atoms with van der Waals surface area (Å²) in [5.74, 6) is 0. The molecule has 0 aliphatic heterocycles. The van der Waals surface area contributed by atoms with Crippen molar-refractivity contribution in [1.82, 2.24) is 16.0 Å². The first-order valence-electron chi connectivity index (χ1n) is 14.0. The van der Waals surface area contributed by atoms with E-state index in [0.717, 1.165) is 26.2 Å². The van der Waals surface area contributed by atoms with Gasteiger partial charge in [0.05, 0.1) is 0 Å². The van der Waals surface area contributed by atoms with E-state index in [1.165, 1.54) is 103 Å². The molecule has 0 fully saturated rings. The molecule has 3 unspecified atom stereocenters. The zero-order chi connectivity index (χ0) is 23.0. The summed E-state index contributed by atoms with van der Waals surface area (Å²) >= 11 is 0. The molecule has 4 heteroatoms. The van der Waals surface area contributed by atoms with Gasteiger partial charge < -0.3 is 21.7 Å². The van der Waals surface area contributed by atoms with E-state index in [1.54, 1.807) is 0 Å². The molecule has 0 spiro atoms. The van der Waals surface area contributed by atoms with Crippen LogP contribution < -0.4 is 21.7 Å². The van der Waals surface area contributed by atoms with Crippen LogP contribution in [-0.2, 0) is 0 Å². The van der Waals surface area contributed by atoms with Gasteiger partial charge in [-0.3, -0.25) is 0 Å². The molecule has 3 atom stereocenters. The minimum Gasteiger partial charge on any atom is -0.327 e.